The quantitative estimate of drug-likeness (QED) is 0.544. The summed E-state index contributed by atoms with van der Waals surface area (Å²) in [5.74, 6) is -3.63. The summed E-state index contributed by atoms with van der Waals surface area (Å²) in [6.07, 6.45) is 4.77. The van der Waals surface area contributed by atoms with Crippen molar-refractivity contribution in [1.82, 2.24) is 29.2 Å². The molecule has 0 spiro atoms. The van der Waals surface area contributed by atoms with Gasteiger partial charge in [0, 0.05) is 12.1 Å². The fourth-order valence-corrected chi connectivity index (χ4v) is 3.26. The Labute approximate surface area is 169 Å². The molecule has 1 saturated carbocycles. The fraction of sp³-hybridized carbons (Fsp3) is 0.350. The summed E-state index contributed by atoms with van der Waals surface area (Å²) in [5.41, 5.74) is 1.10. The van der Waals surface area contributed by atoms with Crippen LogP contribution < -0.4 is 5.32 Å². The van der Waals surface area contributed by atoms with Gasteiger partial charge in [0.25, 0.3) is 0 Å². The number of carbonyl (C=O) groups excluding carboxylic acids is 1. The first-order valence-electron chi connectivity index (χ1n) is 9.73. The number of halogens is 2. The van der Waals surface area contributed by atoms with Crippen molar-refractivity contribution in [3.63, 3.8) is 0 Å². The summed E-state index contributed by atoms with van der Waals surface area (Å²) < 4.78 is 33.2. The molecule has 1 amide bonds. The number of rotatable bonds is 5. The number of anilines is 1. The van der Waals surface area contributed by atoms with Gasteiger partial charge in [-0.1, -0.05) is 19.9 Å². The molecule has 4 heterocycles. The number of fused-ring (bicyclic) bond motifs is 2. The Balaban J connectivity index is 1.52. The van der Waals surface area contributed by atoms with Gasteiger partial charge in [0.15, 0.2) is 17.1 Å². The minimum Gasteiger partial charge on any atom is -0.309 e. The van der Waals surface area contributed by atoms with E-state index in [0.717, 1.165) is 18.4 Å². The number of nitrogens with one attached hydrogen (secondary N) is 1. The maximum absolute atomic E-state index is 15.4. The molecule has 4 aromatic heterocycles. The van der Waals surface area contributed by atoms with E-state index < -0.39 is 17.4 Å². The Kier molecular flexibility index (Phi) is 4.05. The van der Waals surface area contributed by atoms with Crippen molar-refractivity contribution < 1.29 is 13.6 Å². The van der Waals surface area contributed by atoms with Crippen molar-refractivity contribution >= 4 is 23.0 Å². The molecule has 5 rings (SSSR count). The Morgan fingerprint density at radius 1 is 1.13 bits per heavy atom. The van der Waals surface area contributed by atoms with Gasteiger partial charge in [-0.3, -0.25) is 9.20 Å². The summed E-state index contributed by atoms with van der Waals surface area (Å²) in [6, 6.07) is 6.17. The number of imidazole rings is 1. The van der Waals surface area contributed by atoms with Crippen LogP contribution in [0.1, 0.15) is 49.7 Å². The van der Waals surface area contributed by atoms with Crippen LogP contribution in [0.3, 0.4) is 0 Å². The molecule has 0 atom stereocenters. The first kappa shape index (κ1) is 18.6. The number of hydrogen-bond acceptors (Lipinski definition) is 5. The van der Waals surface area contributed by atoms with Crippen LogP contribution >= 0.6 is 0 Å². The first-order valence-corrected chi connectivity index (χ1v) is 9.73. The van der Waals surface area contributed by atoms with Gasteiger partial charge >= 0.3 is 5.92 Å². The van der Waals surface area contributed by atoms with Crippen LogP contribution in [0.4, 0.5) is 14.6 Å². The Hall–Kier alpha value is -3.43. The smallest absolute Gasteiger partial charge is 0.309 e. The van der Waals surface area contributed by atoms with Gasteiger partial charge < -0.3 is 5.32 Å². The van der Waals surface area contributed by atoms with Crippen LogP contribution in [0, 0.1) is 5.92 Å². The topological polar surface area (TPSA) is 89.5 Å². The van der Waals surface area contributed by atoms with Gasteiger partial charge in [0.2, 0.25) is 11.7 Å². The molecule has 0 aliphatic heterocycles. The molecule has 4 aromatic rings. The Morgan fingerprint density at radius 3 is 2.63 bits per heavy atom. The van der Waals surface area contributed by atoms with E-state index >= 15 is 8.78 Å². The number of pyridine rings is 1. The van der Waals surface area contributed by atoms with Crippen LogP contribution in [0.15, 0.2) is 36.7 Å². The van der Waals surface area contributed by atoms with E-state index in [1.807, 2.05) is 19.9 Å². The minimum absolute atomic E-state index is 0.0135. The molecule has 1 fully saturated rings. The monoisotopic (exact) mass is 411 g/mol. The van der Waals surface area contributed by atoms with Gasteiger partial charge in [-0.2, -0.15) is 13.9 Å². The molecular weight excluding hydrogens is 392 g/mol. The van der Waals surface area contributed by atoms with E-state index in [0.29, 0.717) is 11.3 Å². The van der Waals surface area contributed by atoms with Crippen molar-refractivity contribution in [1.29, 1.82) is 0 Å². The third-order valence-electron chi connectivity index (χ3n) is 5.21. The van der Waals surface area contributed by atoms with E-state index in [1.165, 1.54) is 27.2 Å². The molecule has 8 nitrogen and oxygen atoms in total. The highest BCUT2D eigenvalue weighted by Gasteiger charge is 2.41. The zero-order chi connectivity index (χ0) is 21.0. The predicted octanol–water partition coefficient (Wildman–Crippen LogP) is 3.38. The van der Waals surface area contributed by atoms with E-state index in [-0.39, 0.29) is 23.6 Å². The van der Waals surface area contributed by atoms with Crippen molar-refractivity contribution in [3.8, 4) is 0 Å². The van der Waals surface area contributed by atoms with Crippen molar-refractivity contribution in [2.24, 2.45) is 5.92 Å². The predicted molar refractivity (Wildman–Crippen MR) is 104 cm³/mol. The summed E-state index contributed by atoms with van der Waals surface area (Å²) in [7, 11) is 0. The second-order valence-corrected chi connectivity index (χ2v) is 7.85. The second-order valence-electron chi connectivity index (χ2n) is 7.85. The van der Waals surface area contributed by atoms with Gasteiger partial charge in [-0.05, 0) is 42.5 Å². The lowest BCUT2D eigenvalue weighted by Gasteiger charge is -2.14. The largest absolute Gasteiger partial charge is 0.350 e. The Morgan fingerprint density at radius 2 is 1.90 bits per heavy atom. The first-order chi connectivity index (χ1) is 14.3. The third-order valence-corrected chi connectivity index (χ3v) is 5.21. The summed E-state index contributed by atoms with van der Waals surface area (Å²) in [5, 5.41) is 14.3. The van der Waals surface area contributed by atoms with Crippen molar-refractivity contribution in [3.05, 3.63) is 53.7 Å². The average molecular weight is 411 g/mol. The molecule has 0 unspecified atom stereocenters. The molecule has 10 heteroatoms. The van der Waals surface area contributed by atoms with E-state index in [4.69, 9.17) is 0 Å². The van der Waals surface area contributed by atoms with Crippen LogP contribution in [-0.2, 0) is 10.7 Å². The lowest BCUT2D eigenvalue weighted by molar-refractivity contribution is -0.117. The lowest BCUT2D eigenvalue weighted by Crippen LogP contribution is -2.22. The molecule has 0 saturated heterocycles. The van der Waals surface area contributed by atoms with Crippen LogP contribution in [-0.4, -0.2) is 35.1 Å². The highest BCUT2D eigenvalue weighted by molar-refractivity contribution is 5.93. The third kappa shape index (κ3) is 3.08. The average Bonchev–Trinajstić information content (AvgIpc) is 3.35. The highest BCUT2D eigenvalue weighted by Crippen LogP contribution is 2.34. The number of carbonyl (C=O) groups is 1. The zero-order valence-corrected chi connectivity index (χ0v) is 16.4. The second kappa shape index (κ2) is 6.54. The summed E-state index contributed by atoms with van der Waals surface area (Å²) in [6.45, 7) is 3.97. The standard InChI is InChI=1S/C20H19F2N7O/c1-11(2)13-5-7-17-25-26-19(28(17)9-13)20(21,22)14-6-8-16-23-15(10-29(16)27-14)24-18(30)12-3-4-12/h5-12H,3-4H2,1-2H3,(H,24,30). The highest BCUT2D eigenvalue weighted by atomic mass is 19.3. The SMILES string of the molecule is CC(C)c1ccc2nnc(C(F)(F)c3ccc4nc(NC(=O)C5CC5)cn4n3)n2c1. The Bertz CT molecular complexity index is 1270. The van der Waals surface area contributed by atoms with Crippen molar-refractivity contribution in [2.75, 3.05) is 5.32 Å². The molecule has 1 aliphatic rings. The van der Waals surface area contributed by atoms with Crippen LogP contribution in [0.2, 0.25) is 0 Å². The van der Waals surface area contributed by atoms with Gasteiger partial charge in [0.05, 0.1) is 6.20 Å². The lowest BCUT2D eigenvalue weighted by atomic mass is 10.1. The molecule has 1 N–H and O–H groups in total. The number of aromatic nitrogens is 6. The fourth-order valence-electron chi connectivity index (χ4n) is 3.26. The van der Waals surface area contributed by atoms with Crippen LogP contribution in [0.5, 0.6) is 0 Å². The number of alkyl halides is 2. The zero-order valence-electron chi connectivity index (χ0n) is 16.4. The van der Waals surface area contributed by atoms with Crippen LogP contribution in [0.25, 0.3) is 11.3 Å². The van der Waals surface area contributed by atoms with Gasteiger partial charge in [-0.25, -0.2) is 9.50 Å². The van der Waals surface area contributed by atoms with E-state index in [1.54, 1.807) is 12.3 Å². The number of amides is 1. The molecule has 0 radical (unpaired) electrons. The van der Waals surface area contributed by atoms with Crippen molar-refractivity contribution in [2.45, 2.75) is 38.5 Å². The van der Waals surface area contributed by atoms with Gasteiger partial charge in [0.1, 0.15) is 5.69 Å². The minimum atomic E-state index is -3.48. The molecule has 1 aliphatic carbocycles. The molecule has 154 valence electrons. The van der Waals surface area contributed by atoms with Gasteiger partial charge in [-0.15, -0.1) is 10.2 Å². The molecule has 0 aromatic carbocycles. The van der Waals surface area contributed by atoms with E-state index in [2.05, 4.69) is 25.6 Å². The number of hydrogen-bond donors (Lipinski definition) is 1. The molecular formula is C20H19F2N7O. The summed E-state index contributed by atoms with van der Waals surface area (Å²) in [4.78, 5) is 16.1. The van der Waals surface area contributed by atoms with E-state index in [9.17, 15) is 4.79 Å². The number of nitrogens with zero attached hydrogens (tertiary/aromatic N) is 6. The molecule has 0 bridgehead atoms. The molecule has 30 heavy (non-hydrogen) atoms. The maximum atomic E-state index is 15.4. The normalized spacial score (nSPS) is 14.7. The maximum Gasteiger partial charge on any atom is 0.350 e. The summed E-state index contributed by atoms with van der Waals surface area (Å²) >= 11 is 0.